The molecule has 0 unspecified atom stereocenters. The van der Waals surface area contributed by atoms with Crippen LogP contribution in [0.3, 0.4) is 0 Å². The van der Waals surface area contributed by atoms with Crippen molar-refractivity contribution in [3.05, 3.63) is 49.9 Å². The third-order valence-corrected chi connectivity index (χ3v) is 3.35. The minimum Gasteiger partial charge on any atom is -0.482 e. The van der Waals surface area contributed by atoms with E-state index in [2.05, 4.69) is 10.5 Å². The molecule has 0 fully saturated rings. The molecule has 0 aliphatic rings. The Balaban J connectivity index is 1.82. The van der Waals surface area contributed by atoms with Gasteiger partial charge >= 0.3 is 0 Å². The van der Waals surface area contributed by atoms with Crippen molar-refractivity contribution >= 4 is 57.9 Å². The van der Waals surface area contributed by atoms with Crippen molar-refractivity contribution in [1.82, 2.24) is 5.43 Å². The number of carbonyl (C=O) groups is 1. The van der Waals surface area contributed by atoms with Gasteiger partial charge in [-0.05, 0) is 46.9 Å². The van der Waals surface area contributed by atoms with E-state index in [0.717, 1.165) is 3.77 Å². The van der Waals surface area contributed by atoms with Crippen LogP contribution >= 0.6 is 45.8 Å². The van der Waals surface area contributed by atoms with Crippen molar-refractivity contribution in [3.8, 4) is 5.75 Å². The van der Waals surface area contributed by atoms with Gasteiger partial charge in [0, 0.05) is 11.1 Å². The van der Waals surface area contributed by atoms with Crippen LogP contribution < -0.4 is 10.2 Å². The first-order valence-corrected chi connectivity index (χ1v) is 7.53. The maximum Gasteiger partial charge on any atom is 0.277 e. The first-order chi connectivity index (χ1) is 10.0. The van der Waals surface area contributed by atoms with Gasteiger partial charge in [0.05, 0.1) is 11.2 Å². The molecular formula is C13H9Cl2IN2O3. The normalized spacial score (nSPS) is 10.8. The molecule has 0 radical (unpaired) electrons. The SMILES string of the molecule is O=C(COc1cc(Cl)ccc1Cl)N/N=C/c1ccc(I)o1. The molecule has 0 saturated heterocycles. The summed E-state index contributed by atoms with van der Waals surface area (Å²) in [4.78, 5) is 11.5. The fourth-order valence-electron chi connectivity index (χ4n) is 1.33. The molecular weight excluding hydrogens is 430 g/mol. The average molecular weight is 439 g/mol. The van der Waals surface area contributed by atoms with Gasteiger partial charge < -0.3 is 9.15 Å². The van der Waals surface area contributed by atoms with Crippen molar-refractivity contribution in [2.24, 2.45) is 5.10 Å². The van der Waals surface area contributed by atoms with E-state index in [1.54, 1.807) is 24.3 Å². The van der Waals surface area contributed by atoms with Crippen LogP contribution in [0.4, 0.5) is 0 Å². The Morgan fingerprint density at radius 3 is 2.90 bits per heavy atom. The highest BCUT2D eigenvalue weighted by atomic mass is 127. The Bertz CT molecular complexity index is 673. The molecule has 0 bridgehead atoms. The van der Waals surface area contributed by atoms with Crippen LogP contribution in [0.15, 0.2) is 39.9 Å². The summed E-state index contributed by atoms with van der Waals surface area (Å²) in [6.07, 6.45) is 1.40. The van der Waals surface area contributed by atoms with E-state index in [1.807, 2.05) is 22.6 Å². The summed E-state index contributed by atoms with van der Waals surface area (Å²) < 4.78 is 11.2. The molecule has 1 amide bonds. The van der Waals surface area contributed by atoms with Gasteiger partial charge in [0.25, 0.3) is 5.91 Å². The van der Waals surface area contributed by atoms with Crippen molar-refractivity contribution in [1.29, 1.82) is 0 Å². The molecule has 0 atom stereocenters. The monoisotopic (exact) mass is 438 g/mol. The predicted molar refractivity (Wildman–Crippen MR) is 89.1 cm³/mol. The number of halogens is 3. The number of furan rings is 1. The summed E-state index contributed by atoms with van der Waals surface area (Å²) in [5, 5.41) is 4.59. The predicted octanol–water partition coefficient (Wildman–Crippen LogP) is 3.72. The van der Waals surface area contributed by atoms with Crippen LogP contribution in [0.25, 0.3) is 0 Å². The Morgan fingerprint density at radius 2 is 2.19 bits per heavy atom. The molecule has 5 nitrogen and oxygen atoms in total. The van der Waals surface area contributed by atoms with Crippen molar-refractivity contribution < 1.29 is 13.9 Å². The van der Waals surface area contributed by atoms with E-state index < -0.39 is 5.91 Å². The molecule has 2 rings (SSSR count). The lowest BCUT2D eigenvalue weighted by Crippen LogP contribution is -2.24. The maximum absolute atomic E-state index is 11.5. The number of rotatable bonds is 5. The van der Waals surface area contributed by atoms with Gasteiger partial charge in [-0.15, -0.1) is 0 Å². The van der Waals surface area contributed by atoms with Crippen LogP contribution in [0.1, 0.15) is 5.76 Å². The molecule has 1 aromatic carbocycles. The molecule has 0 saturated carbocycles. The fourth-order valence-corrected chi connectivity index (χ4v) is 2.10. The molecule has 0 aliphatic heterocycles. The summed E-state index contributed by atoms with van der Waals surface area (Å²) in [5.41, 5.74) is 2.31. The van der Waals surface area contributed by atoms with E-state index in [1.165, 1.54) is 12.3 Å². The Labute approximate surface area is 144 Å². The molecule has 1 heterocycles. The van der Waals surface area contributed by atoms with Gasteiger partial charge in [-0.25, -0.2) is 5.43 Å². The molecule has 110 valence electrons. The Hall–Kier alpha value is -1.25. The van der Waals surface area contributed by atoms with Crippen molar-refractivity contribution in [2.75, 3.05) is 6.61 Å². The summed E-state index contributed by atoms with van der Waals surface area (Å²) >= 11 is 13.8. The van der Waals surface area contributed by atoms with E-state index in [9.17, 15) is 4.79 Å². The topological polar surface area (TPSA) is 63.8 Å². The number of amides is 1. The second-order valence-corrected chi connectivity index (χ2v) is 5.71. The summed E-state index contributed by atoms with van der Waals surface area (Å²) in [5.74, 6) is 0.450. The standard InChI is InChI=1S/C13H9Cl2IN2O3/c14-8-1-3-10(15)11(5-8)20-7-13(19)18-17-6-9-2-4-12(16)21-9/h1-6H,7H2,(H,18,19)/b17-6+. The molecule has 8 heteroatoms. The van der Waals surface area contributed by atoms with Crippen LogP contribution in [0, 0.1) is 3.77 Å². The second-order valence-electron chi connectivity index (χ2n) is 3.80. The molecule has 2 aromatic rings. The highest BCUT2D eigenvalue weighted by Crippen LogP contribution is 2.27. The van der Waals surface area contributed by atoms with Gasteiger partial charge in [0.1, 0.15) is 11.5 Å². The Kier molecular flexibility index (Phi) is 5.89. The highest BCUT2D eigenvalue weighted by molar-refractivity contribution is 14.1. The molecule has 1 N–H and O–H groups in total. The third-order valence-electron chi connectivity index (χ3n) is 2.23. The summed E-state index contributed by atoms with van der Waals surface area (Å²) in [6.45, 7) is -0.229. The number of carbonyl (C=O) groups excluding carboxylic acids is 1. The minimum atomic E-state index is -0.427. The minimum absolute atomic E-state index is 0.229. The maximum atomic E-state index is 11.5. The van der Waals surface area contributed by atoms with Crippen LogP contribution in [-0.4, -0.2) is 18.7 Å². The summed E-state index contributed by atoms with van der Waals surface area (Å²) in [7, 11) is 0. The zero-order valence-electron chi connectivity index (χ0n) is 10.5. The van der Waals surface area contributed by atoms with E-state index in [0.29, 0.717) is 21.6 Å². The third kappa shape index (κ3) is 5.22. The number of hydrogen-bond donors (Lipinski definition) is 1. The lowest BCUT2D eigenvalue weighted by atomic mass is 10.3. The van der Waals surface area contributed by atoms with Crippen molar-refractivity contribution in [2.45, 2.75) is 0 Å². The van der Waals surface area contributed by atoms with E-state index in [-0.39, 0.29) is 6.61 Å². The number of ether oxygens (including phenoxy) is 1. The number of benzene rings is 1. The van der Waals surface area contributed by atoms with Gasteiger partial charge in [0.2, 0.25) is 0 Å². The summed E-state index contributed by atoms with van der Waals surface area (Å²) in [6, 6.07) is 8.28. The van der Waals surface area contributed by atoms with Gasteiger partial charge in [0.15, 0.2) is 10.4 Å². The first-order valence-electron chi connectivity index (χ1n) is 5.69. The van der Waals surface area contributed by atoms with E-state index in [4.69, 9.17) is 32.4 Å². The number of nitrogens with one attached hydrogen (secondary N) is 1. The quantitative estimate of drug-likeness (QED) is 0.439. The average Bonchev–Trinajstić information content (AvgIpc) is 2.85. The molecule has 1 aromatic heterocycles. The van der Waals surface area contributed by atoms with Gasteiger partial charge in [-0.1, -0.05) is 23.2 Å². The lowest BCUT2D eigenvalue weighted by Gasteiger charge is -2.07. The molecule has 0 spiro atoms. The lowest BCUT2D eigenvalue weighted by molar-refractivity contribution is -0.123. The second kappa shape index (κ2) is 7.67. The van der Waals surface area contributed by atoms with Gasteiger partial charge in [-0.2, -0.15) is 5.10 Å². The highest BCUT2D eigenvalue weighted by Gasteiger charge is 2.06. The smallest absolute Gasteiger partial charge is 0.277 e. The number of nitrogens with zero attached hydrogens (tertiary/aromatic N) is 1. The van der Waals surface area contributed by atoms with Gasteiger partial charge in [-0.3, -0.25) is 4.79 Å². The Morgan fingerprint density at radius 1 is 1.38 bits per heavy atom. The van der Waals surface area contributed by atoms with Crippen LogP contribution in [-0.2, 0) is 4.79 Å². The largest absolute Gasteiger partial charge is 0.482 e. The molecule has 21 heavy (non-hydrogen) atoms. The zero-order valence-corrected chi connectivity index (χ0v) is 14.1. The first kappa shape index (κ1) is 16.1. The van der Waals surface area contributed by atoms with Crippen LogP contribution in [0.2, 0.25) is 10.0 Å². The van der Waals surface area contributed by atoms with Crippen LogP contribution in [0.5, 0.6) is 5.75 Å². The molecule has 0 aliphatic carbocycles. The van der Waals surface area contributed by atoms with E-state index >= 15 is 0 Å². The zero-order chi connectivity index (χ0) is 15.2. The number of hydrogen-bond acceptors (Lipinski definition) is 4. The fraction of sp³-hybridized carbons (Fsp3) is 0.0769. The van der Waals surface area contributed by atoms with Crippen molar-refractivity contribution in [3.63, 3.8) is 0 Å². The number of hydrazone groups is 1.